The monoisotopic (exact) mass is 235 g/mol. The Bertz CT molecular complexity index is 392. The van der Waals surface area contributed by atoms with Crippen molar-refractivity contribution < 1.29 is 0 Å². The molecule has 1 aliphatic carbocycles. The Morgan fingerprint density at radius 1 is 1.47 bits per heavy atom. The van der Waals surface area contributed by atoms with Gasteiger partial charge in [0.05, 0.1) is 6.20 Å². The second kappa shape index (κ2) is 4.45. The van der Waals surface area contributed by atoms with E-state index in [0.29, 0.717) is 11.5 Å². The Kier molecular flexibility index (Phi) is 3.30. The lowest BCUT2D eigenvalue weighted by Crippen LogP contribution is -2.31. The number of hydrogen-bond acceptors (Lipinski definition) is 2. The Balaban J connectivity index is 1.93. The summed E-state index contributed by atoms with van der Waals surface area (Å²) in [7, 11) is 2.00. The predicted octanol–water partition coefficient (Wildman–Crippen LogP) is 2.64. The zero-order valence-corrected chi connectivity index (χ0v) is 11.7. The van der Waals surface area contributed by atoms with Gasteiger partial charge < -0.3 is 5.32 Å². The summed E-state index contributed by atoms with van der Waals surface area (Å²) in [5.74, 6) is 0.780. The lowest BCUT2D eigenvalue weighted by atomic mass is 9.91. The van der Waals surface area contributed by atoms with Gasteiger partial charge >= 0.3 is 0 Å². The Morgan fingerprint density at radius 3 is 2.65 bits per heavy atom. The van der Waals surface area contributed by atoms with Crippen LogP contribution in [-0.4, -0.2) is 15.8 Å². The summed E-state index contributed by atoms with van der Waals surface area (Å²) in [4.78, 5) is 0. The Morgan fingerprint density at radius 2 is 2.18 bits per heavy atom. The van der Waals surface area contributed by atoms with Gasteiger partial charge in [0, 0.05) is 30.9 Å². The van der Waals surface area contributed by atoms with Crippen molar-refractivity contribution in [2.45, 2.75) is 53.1 Å². The maximum atomic E-state index is 4.29. The van der Waals surface area contributed by atoms with Crippen LogP contribution < -0.4 is 5.32 Å². The molecule has 0 bridgehead atoms. The van der Waals surface area contributed by atoms with Gasteiger partial charge in [0.25, 0.3) is 0 Å². The number of aryl methyl sites for hydroxylation is 1. The number of nitrogens with zero attached hydrogens (tertiary/aromatic N) is 2. The quantitative estimate of drug-likeness (QED) is 0.873. The average molecular weight is 235 g/mol. The van der Waals surface area contributed by atoms with Crippen molar-refractivity contribution in [3.8, 4) is 0 Å². The van der Waals surface area contributed by atoms with E-state index in [2.05, 4.69) is 38.1 Å². The number of aromatic nitrogens is 2. The van der Waals surface area contributed by atoms with Crippen LogP contribution in [0, 0.1) is 18.3 Å². The van der Waals surface area contributed by atoms with E-state index >= 15 is 0 Å². The summed E-state index contributed by atoms with van der Waals surface area (Å²) in [5.41, 5.74) is 3.09. The molecule has 1 heterocycles. The zero-order chi connectivity index (χ0) is 12.6. The summed E-state index contributed by atoms with van der Waals surface area (Å²) in [6.45, 7) is 10.2. The summed E-state index contributed by atoms with van der Waals surface area (Å²) in [6, 6.07) is 0.657. The van der Waals surface area contributed by atoms with Crippen LogP contribution in [0.15, 0.2) is 6.20 Å². The normalized spacial score (nSPS) is 27.6. The van der Waals surface area contributed by atoms with E-state index < -0.39 is 0 Å². The van der Waals surface area contributed by atoms with E-state index in [1.165, 1.54) is 24.1 Å². The molecule has 3 heteroatoms. The topological polar surface area (TPSA) is 29.9 Å². The van der Waals surface area contributed by atoms with Crippen LogP contribution in [0.2, 0.25) is 0 Å². The molecule has 1 fully saturated rings. The highest BCUT2D eigenvalue weighted by Crippen LogP contribution is 2.40. The van der Waals surface area contributed by atoms with Crippen molar-refractivity contribution in [2.75, 3.05) is 0 Å². The largest absolute Gasteiger partial charge is 0.310 e. The number of hydrogen-bond donors (Lipinski definition) is 1. The van der Waals surface area contributed by atoms with Gasteiger partial charge in [-0.05, 0) is 31.1 Å². The molecule has 1 N–H and O–H groups in total. The minimum atomic E-state index is 0.501. The van der Waals surface area contributed by atoms with Crippen molar-refractivity contribution in [2.24, 2.45) is 18.4 Å². The maximum Gasteiger partial charge on any atom is 0.0537 e. The fraction of sp³-hybridized carbons (Fsp3) is 0.786. The van der Waals surface area contributed by atoms with Gasteiger partial charge in [-0.15, -0.1) is 0 Å². The second-order valence-electron chi connectivity index (χ2n) is 6.42. The summed E-state index contributed by atoms with van der Waals surface area (Å²) < 4.78 is 1.94. The molecule has 1 aromatic heterocycles. The van der Waals surface area contributed by atoms with Gasteiger partial charge in [-0.3, -0.25) is 4.68 Å². The summed E-state index contributed by atoms with van der Waals surface area (Å²) in [6.07, 6.45) is 4.59. The van der Waals surface area contributed by atoms with Gasteiger partial charge in [-0.2, -0.15) is 5.10 Å². The zero-order valence-electron chi connectivity index (χ0n) is 11.7. The molecule has 2 rings (SSSR count). The van der Waals surface area contributed by atoms with E-state index in [0.717, 1.165) is 12.5 Å². The standard InChI is InChI=1S/C14H25N3/c1-10-6-14(3,4)7-13(10)15-8-12-9-16-17(5)11(12)2/h9-10,13,15H,6-8H2,1-5H3/t10-,13-/m1/s1. The van der Waals surface area contributed by atoms with Crippen LogP contribution in [-0.2, 0) is 13.6 Å². The first kappa shape index (κ1) is 12.6. The summed E-state index contributed by atoms with van der Waals surface area (Å²) >= 11 is 0. The van der Waals surface area contributed by atoms with Crippen LogP contribution in [0.1, 0.15) is 44.9 Å². The summed E-state index contributed by atoms with van der Waals surface area (Å²) in [5, 5.41) is 7.99. The minimum absolute atomic E-state index is 0.501. The highest BCUT2D eigenvalue weighted by molar-refractivity contribution is 5.15. The molecule has 0 aromatic carbocycles. The maximum absolute atomic E-state index is 4.29. The first-order chi connectivity index (χ1) is 7.89. The van der Waals surface area contributed by atoms with Crippen molar-refractivity contribution in [3.05, 3.63) is 17.5 Å². The lowest BCUT2D eigenvalue weighted by molar-refractivity contribution is 0.362. The SMILES string of the molecule is Cc1c(CN[C@@H]2CC(C)(C)C[C@H]2C)cnn1C. The van der Waals surface area contributed by atoms with Gasteiger partial charge in [0.1, 0.15) is 0 Å². The lowest BCUT2D eigenvalue weighted by Gasteiger charge is -2.18. The van der Waals surface area contributed by atoms with E-state index in [1.54, 1.807) is 0 Å². The first-order valence-corrected chi connectivity index (χ1v) is 6.60. The molecule has 0 unspecified atom stereocenters. The highest BCUT2D eigenvalue weighted by atomic mass is 15.3. The van der Waals surface area contributed by atoms with Crippen molar-refractivity contribution in [1.29, 1.82) is 0 Å². The second-order valence-corrected chi connectivity index (χ2v) is 6.42. The van der Waals surface area contributed by atoms with Crippen LogP contribution in [0.5, 0.6) is 0 Å². The first-order valence-electron chi connectivity index (χ1n) is 6.60. The van der Waals surface area contributed by atoms with E-state index in [9.17, 15) is 0 Å². The van der Waals surface area contributed by atoms with E-state index in [4.69, 9.17) is 0 Å². The minimum Gasteiger partial charge on any atom is -0.310 e. The fourth-order valence-electron chi connectivity index (χ4n) is 3.13. The van der Waals surface area contributed by atoms with Gasteiger partial charge in [-0.25, -0.2) is 0 Å². The molecule has 0 radical (unpaired) electrons. The molecule has 0 spiro atoms. The molecular weight excluding hydrogens is 210 g/mol. The van der Waals surface area contributed by atoms with Crippen molar-refractivity contribution in [1.82, 2.24) is 15.1 Å². The van der Waals surface area contributed by atoms with Crippen LogP contribution in [0.4, 0.5) is 0 Å². The predicted molar refractivity (Wildman–Crippen MR) is 70.8 cm³/mol. The molecule has 2 atom stereocenters. The van der Waals surface area contributed by atoms with Crippen LogP contribution in [0.3, 0.4) is 0 Å². The molecular formula is C14H25N3. The molecule has 1 aromatic rings. The Hall–Kier alpha value is -0.830. The fourth-order valence-corrected chi connectivity index (χ4v) is 3.13. The van der Waals surface area contributed by atoms with Gasteiger partial charge in [-0.1, -0.05) is 20.8 Å². The highest BCUT2D eigenvalue weighted by Gasteiger charge is 2.36. The molecule has 1 aliphatic rings. The van der Waals surface area contributed by atoms with Crippen LogP contribution in [0.25, 0.3) is 0 Å². The average Bonchev–Trinajstić information content (AvgIpc) is 2.67. The van der Waals surface area contributed by atoms with Gasteiger partial charge in [0.2, 0.25) is 0 Å². The molecule has 0 aliphatic heterocycles. The van der Waals surface area contributed by atoms with Gasteiger partial charge in [0.15, 0.2) is 0 Å². The Labute approximate surface area is 105 Å². The smallest absolute Gasteiger partial charge is 0.0537 e. The molecule has 96 valence electrons. The number of nitrogens with one attached hydrogen (secondary N) is 1. The third-order valence-corrected chi connectivity index (χ3v) is 4.23. The van der Waals surface area contributed by atoms with E-state index in [1.807, 2.05) is 17.9 Å². The molecule has 0 saturated heterocycles. The molecule has 1 saturated carbocycles. The van der Waals surface area contributed by atoms with Crippen LogP contribution >= 0.6 is 0 Å². The molecule has 17 heavy (non-hydrogen) atoms. The van der Waals surface area contributed by atoms with Crippen molar-refractivity contribution in [3.63, 3.8) is 0 Å². The third kappa shape index (κ3) is 2.71. The van der Waals surface area contributed by atoms with Crippen molar-refractivity contribution >= 4 is 0 Å². The molecule has 3 nitrogen and oxygen atoms in total. The molecule has 0 amide bonds. The number of rotatable bonds is 3. The third-order valence-electron chi connectivity index (χ3n) is 4.23. The van der Waals surface area contributed by atoms with E-state index in [-0.39, 0.29) is 0 Å².